The number of anilines is 6. The van der Waals surface area contributed by atoms with Crippen LogP contribution >= 0.6 is 15.9 Å². The van der Waals surface area contributed by atoms with E-state index in [0.717, 1.165) is 130 Å². The summed E-state index contributed by atoms with van der Waals surface area (Å²) in [4.78, 5) is 79.0. The zero-order chi connectivity index (χ0) is 67.5. The molecular weight excluding hydrogens is 1270 g/mol. The molecule has 4 aliphatic heterocycles. The highest BCUT2D eigenvalue weighted by Crippen LogP contribution is 2.53. The summed E-state index contributed by atoms with van der Waals surface area (Å²) in [7, 11) is -1.70. The Bertz CT molecular complexity index is 4420. The number of fused-ring (bicyclic) bond motifs is 4. The van der Waals surface area contributed by atoms with Crippen LogP contribution in [0.25, 0.3) is 33.3 Å². The van der Waals surface area contributed by atoms with E-state index in [1.807, 2.05) is 49.0 Å². The second-order valence-electron chi connectivity index (χ2n) is 29.9. The molecule has 16 rings (SSSR count). The van der Waals surface area contributed by atoms with Crippen LogP contribution in [-0.4, -0.2) is 129 Å². The highest BCUT2D eigenvalue weighted by Gasteiger charge is 2.56. The van der Waals surface area contributed by atoms with Gasteiger partial charge in [0.05, 0.1) is 45.8 Å². The molecule has 0 bridgehead atoms. The van der Waals surface area contributed by atoms with Gasteiger partial charge < -0.3 is 51.1 Å². The fourth-order valence-corrected chi connectivity index (χ4v) is 16.5. The minimum atomic E-state index is -1.70. The molecule has 2 saturated heterocycles. The maximum atomic E-state index is 14.0. The summed E-state index contributed by atoms with van der Waals surface area (Å²) >= 11 is 3.58. The minimum Gasteiger partial charge on any atom is -0.422 e. The summed E-state index contributed by atoms with van der Waals surface area (Å²) in [6.07, 6.45) is 20.1. The highest BCUT2D eigenvalue weighted by molar-refractivity contribution is 9.10. The molecule has 8 aromatic rings. The Morgan fingerprint density at radius 3 is 1.44 bits per heavy atom. The van der Waals surface area contributed by atoms with Crippen LogP contribution in [0.5, 0.6) is 0 Å². The number of imidazole rings is 2. The first-order valence-electron chi connectivity index (χ1n) is 34.4. The van der Waals surface area contributed by atoms with Crippen LogP contribution < -0.4 is 37.5 Å². The predicted octanol–water partition coefficient (Wildman–Crippen LogP) is 11.7. The van der Waals surface area contributed by atoms with Crippen molar-refractivity contribution in [1.82, 2.24) is 38.9 Å². The third kappa shape index (κ3) is 11.9. The number of nitrogens with zero attached hydrogens (tertiary/aromatic N) is 10. The van der Waals surface area contributed by atoms with E-state index in [9.17, 15) is 29.2 Å². The molecule has 6 fully saturated rings. The van der Waals surface area contributed by atoms with Gasteiger partial charge in [-0.1, -0.05) is 59.1 Å². The van der Waals surface area contributed by atoms with E-state index < -0.39 is 29.8 Å². The normalized spacial score (nSPS) is 23.5. The Kier molecular flexibility index (Phi) is 16.9. The first kappa shape index (κ1) is 65.3. The number of piperidine rings is 2. The summed E-state index contributed by atoms with van der Waals surface area (Å²) in [5.41, 5.74) is 23.8. The van der Waals surface area contributed by atoms with Crippen LogP contribution in [0.3, 0.4) is 0 Å². The zero-order valence-electron chi connectivity index (χ0n) is 56.4. The van der Waals surface area contributed by atoms with Gasteiger partial charge >= 0.3 is 7.12 Å². The molecule has 4 saturated carbocycles. The topological polar surface area (TPSA) is 259 Å². The number of aryl methyl sites for hydroxylation is 2. The van der Waals surface area contributed by atoms with Crippen LogP contribution in [0.4, 0.5) is 34.4 Å². The van der Waals surface area contributed by atoms with E-state index >= 15 is 0 Å². The lowest BCUT2D eigenvalue weighted by atomic mass is 9.71. The van der Waals surface area contributed by atoms with Crippen molar-refractivity contribution in [2.24, 2.45) is 11.5 Å². The Morgan fingerprint density at radius 1 is 0.552 bits per heavy atom. The molecule has 0 atom stereocenters. The highest BCUT2D eigenvalue weighted by atomic mass is 79.9. The van der Waals surface area contributed by atoms with Crippen molar-refractivity contribution in [1.29, 1.82) is 0 Å². The number of likely N-dealkylation sites (tertiary alicyclic amines) is 2. The Balaban J connectivity index is 0.000000134. The van der Waals surface area contributed by atoms with Gasteiger partial charge in [0.2, 0.25) is 23.6 Å². The van der Waals surface area contributed by atoms with Gasteiger partial charge in [-0.15, -0.1) is 0 Å². The molecular formula is C74H88BBrN14O6. The number of nitrogens with two attached hydrogens (primary N) is 2. The van der Waals surface area contributed by atoms with E-state index in [2.05, 4.69) is 139 Å². The molecule has 8 N–H and O–H groups in total. The number of pyridine rings is 2. The predicted molar refractivity (Wildman–Crippen MR) is 382 cm³/mol. The molecule has 0 spiro atoms. The fourth-order valence-electron chi connectivity index (χ4n) is 16.1. The quantitative estimate of drug-likeness (QED) is 0.0554. The molecule has 4 aliphatic carbocycles. The molecule has 20 nitrogen and oxygen atoms in total. The Morgan fingerprint density at radius 2 is 0.990 bits per heavy atom. The number of halogens is 1. The molecule has 4 amide bonds. The second kappa shape index (κ2) is 24.8. The van der Waals surface area contributed by atoms with Gasteiger partial charge in [0.25, 0.3) is 0 Å². The van der Waals surface area contributed by atoms with Gasteiger partial charge in [-0.05, 0) is 235 Å². The van der Waals surface area contributed by atoms with Crippen LogP contribution in [-0.2, 0) is 20.4 Å². The van der Waals surface area contributed by atoms with Gasteiger partial charge in [-0.3, -0.25) is 29.0 Å². The summed E-state index contributed by atoms with van der Waals surface area (Å²) in [6, 6.07) is 28.5. The van der Waals surface area contributed by atoms with Crippen LogP contribution in [0, 0.1) is 13.8 Å². The third-order valence-corrected chi connectivity index (χ3v) is 22.6. The number of amides is 4. The second-order valence-corrected chi connectivity index (χ2v) is 30.8. The number of carbonyl (C=O) groups is 4. The molecule has 500 valence electrons. The number of carbonyl (C=O) groups excluding carboxylic acids is 4. The van der Waals surface area contributed by atoms with Crippen molar-refractivity contribution in [3.63, 3.8) is 0 Å². The van der Waals surface area contributed by atoms with E-state index in [-0.39, 0.29) is 34.5 Å². The fraction of sp³-hybridized carbons (Fsp3) is 0.459. The number of primary amides is 2. The first-order chi connectivity index (χ1) is 45.8. The average Bonchev–Trinajstić information content (AvgIpc) is 1.54. The van der Waals surface area contributed by atoms with Crippen molar-refractivity contribution in [2.45, 2.75) is 191 Å². The van der Waals surface area contributed by atoms with Crippen molar-refractivity contribution in [3.05, 3.63) is 135 Å². The lowest BCUT2D eigenvalue weighted by Gasteiger charge is -2.55. The first-order valence-corrected chi connectivity index (χ1v) is 35.2. The molecule has 0 radical (unpaired) electrons. The standard InChI is InChI=1S/C37H43N7O2.C20H27BrN2O.C17H18BN5O3/c1-22-8-10-24(17-27(22)33(38)45)40-34-32-30(39-21-43(32)25-11-12-25)18-29(41-34)23-9-13-28-31(16-23)44(35(46)36(28,2)3)26-19-37(4,20-26)42-14-6-5-7-15-42;1-19(2)16-8-7-14(21)11-17(16)23(18(19)24)15-12-20(3,13-15)22-9-5-4-6-10-22;1-9-2-3-10(6-12(9)16(19)24)21-17-15-13(7-14(22-17)18(25)26)20-8-23(15)11-4-5-11/h8-10,13,16-18,21,25-26H,5-7,11-12,14-15,19-20H2,1-4H3,(H2,38,45)(H,40,41);7-8,11,15H,4-6,9-10,12-13H2,1-3H3;2-3,6-8,11,25-26H,4-5H2,1H3,(H2,19,24)(H,21,22). The van der Waals surface area contributed by atoms with E-state index in [4.69, 9.17) is 21.4 Å². The number of nitrogens with one attached hydrogen (secondary N) is 2. The van der Waals surface area contributed by atoms with Crippen LogP contribution in [0.1, 0.15) is 186 Å². The zero-order valence-corrected chi connectivity index (χ0v) is 58.0. The summed E-state index contributed by atoms with van der Waals surface area (Å²) in [6.45, 7) is 21.5. The number of hydrogen-bond donors (Lipinski definition) is 6. The minimum absolute atomic E-state index is 0.100. The number of hydrogen-bond acceptors (Lipinski definition) is 14. The van der Waals surface area contributed by atoms with E-state index in [1.54, 1.807) is 30.6 Å². The monoisotopic (exact) mass is 1360 g/mol. The van der Waals surface area contributed by atoms with Gasteiger partial charge in [0.15, 0.2) is 11.6 Å². The summed E-state index contributed by atoms with van der Waals surface area (Å²) < 4.78 is 5.30. The summed E-state index contributed by atoms with van der Waals surface area (Å²) in [5.74, 6) is 0.617. The largest absolute Gasteiger partial charge is 0.508 e. The maximum absolute atomic E-state index is 14.0. The number of benzene rings is 4. The molecule has 8 heterocycles. The third-order valence-electron chi connectivity index (χ3n) is 22.1. The Labute approximate surface area is 569 Å². The lowest BCUT2D eigenvalue weighted by molar-refractivity contribution is -0.124. The van der Waals surface area contributed by atoms with Crippen molar-refractivity contribution < 1.29 is 29.2 Å². The smallest absolute Gasteiger partial charge is 0.422 e. The maximum Gasteiger partial charge on any atom is 0.508 e. The molecule has 22 heteroatoms. The lowest BCUT2D eigenvalue weighted by Crippen LogP contribution is -2.64. The van der Waals surface area contributed by atoms with E-state index in [1.165, 1.54) is 57.2 Å². The molecule has 4 aromatic heterocycles. The van der Waals surface area contributed by atoms with Crippen LogP contribution in [0.2, 0.25) is 0 Å². The van der Waals surface area contributed by atoms with Gasteiger partial charge in [0, 0.05) is 79.2 Å². The molecule has 96 heavy (non-hydrogen) atoms. The number of rotatable bonds is 14. The summed E-state index contributed by atoms with van der Waals surface area (Å²) in [5, 5.41) is 25.7. The molecule has 8 aliphatic rings. The van der Waals surface area contributed by atoms with Crippen molar-refractivity contribution in [2.75, 3.05) is 46.6 Å². The average molecular weight is 1360 g/mol. The SMILES string of the molecule is CC1(C)C(=O)N(C2CC(C)(N3CCCCC3)C2)c2cc(Br)ccc21.Cc1ccc(Nc2nc(-c3ccc4c(c3)N(C3CC(C)(N5CCCCC5)C3)C(=O)C4(C)C)cc3ncn(C4CC4)c23)cc1C(N)=O.Cc1ccc(Nc2nc(B(O)O)cc3ncn(C4CC4)c23)cc1C(N)=O. The van der Waals surface area contributed by atoms with Gasteiger partial charge in [-0.2, -0.15) is 0 Å². The van der Waals surface area contributed by atoms with Crippen molar-refractivity contribution >= 4 is 109 Å². The van der Waals surface area contributed by atoms with Crippen LogP contribution in [0.15, 0.2) is 102 Å². The molecule has 4 aromatic carbocycles. The Hall–Kier alpha value is -8.02. The van der Waals surface area contributed by atoms with Gasteiger partial charge in [-0.25, -0.2) is 19.9 Å². The van der Waals surface area contributed by atoms with Gasteiger partial charge in [0.1, 0.15) is 11.0 Å². The van der Waals surface area contributed by atoms with E-state index in [0.29, 0.717) is 52.1 Å². The molecule has 0 unspecified atom stereocenters. The van der Waals surface area contributed by atoms with Crippen molar-refractivity contribution in [3.8, 4) is 11.3 Å². The number of aromatic nitrogens is 6.